The molecule has 1 amide bonds. The topological polar surface area (TPSA) is 88.0 Å². The summed E-state index contributed by atoms with van der Waals surface area (Å²) >= 11 is 6.36. The molecule has 2 unspecified atom stereocenters. The number of hydrogen-bond acceptors (Lipinski definition) is 5. The molecule has 6 nitrogen and oxygen atoms in total. The molecule has 0 radical (unpaired) electrons. The van der Waals surface area contributed by atoms with Crippen molar-refractivity contribution in [3.05, 3.63) is 64.2 Å². The quantitative estimate of drug-likeness (QED) is 0.576. The zero-order chi connectivity index (χ0) is 23.5. The third-order valence-corrected chi connectivity index (χ3v) is 5.35. The molecule has 3 N–H and O–H groups in total. The summed E-state index contributed by atoms with van der Waals surface area (Å²) in [7, 11) is 0. The molecular formula is C25H34ClNO5. The number of carbonyl (C=O) groups is 1. The Morgan fingerprint density at radius 2 is 1.91 bits per heavy atom. The fraction of sp³-hybridized carbons (Fsp3) is 0.480. The van der Waals surface area contributed by atoms with Gasteiger partial charge in [0.2, 0.25) is 5.91 Å². The standard InChI is InChI=1S/C20H23ClO4.C5H11NO/c1-2-24-17-6-3-13(4-7-17)9-15-10-14(5-8-18(15)21)20-19(23)11-16(22)12-25-20;1-3-4-6-5(2)7/h3-8,10,16,19-20,22-23H,2,9,11-12H2,1H3;3-4H2,1-2H3,(H,6,7)/t16?,19?,20-;/m0./s1. The molecule has 0 aliphatic carbocycles. The number of aliphatic hydroxyl groups is 2. The molecule has 3 atom stereocenters. The van der Waals surface area contributed by atoms with Crippen LogP contribution in [0.25, 0.3) is 0 Å². The minimum atomic E-state index is -0.719. The van der Waals surface area contributed by atoms with E-state index in [-0.39, 0.29) is 12.5 Å². The molecule has 3 rings (SSSR count). The lowest BCUT2D eigenvalue weighted by Crippen LogP contribution is -2.35. The summed E-state index contributed by atoms with van der Waals surface area (Å²) in [6.45, 7) is 7.19. The lowest BCUT2D eigenvalue weighted by atomic mass is 9.94. The lowest BCUT2D eigenvalue weighted by molar-refractivity contribution is -0.125. The van der Waals surface area contributed by atoms with Crippen LogP contribution >= 0.6 is 11.6 Å². The summed E-state index contributed by atoms with van der Waals surface area (Å²) < 4.78 is 11.1. The van der Waals surface area contributed by atoms with Crippen molar-refractivity contribution in [2.24, 2.45) is 0 Å². The number of carbonyl (C=O) groups excluding carboxylic acids is 1. The van der Waals surface area contributed by atoms with Crippen molar-refractivity contribution in [2.45, 2.75) is 58.3 Å². The van der Waals surface area contributed by atoms with Gasteiger partial charge in [0.1, 0.15) is 11.9 Å². The molecule has 0 aromatic heterocycles. The lowest BCUT2D eigenvalue weighted by Gasteiger charge is -2.31. The Bertz CT molecular complexity index is 843. The van der Waals surface area contributed by atoms with Gasteiger partial charge in [-0.05, 0) is 54.7 Å². The van der Waals surface area contributed by atoms with E-state index in [1.807, 2.05) is 56.3 Å². The molecule has 32 heavy (non-hydrogen) atoms. The minimum Gasteiger partial charge on any atom is -0.494 e. The van der Waals surface area contributed by atoms with Crippen molar-refractivity contribution in [3.8, 4) is 5.75 Å². The first-order valence-corrected chi connectivity index (χ1v) is 11.4. The number of amides is 1. The highest BCUT2D eigenvalue weighted by Gasteiger charge is 2.30. The van der Waals surface area contributed by atoms with Crippen molar-refractivity contribution < 1.29 is 24.5 Å². The predicted octanol–water partition coefficient (Wildman–Crippen LogP) is 4.05. The molecule has 0 spiro atoms. The van der Waals surface area contributed by atoms with E-state index in [4.69, 9.17) is 21.1 Å². The maximum absolute atomic E-state index is 10.2. The van der Waals surface area contributed by atoms with E-state index < -0.39 is 18.3 Å². The Morgan fingerprint density at radius 1 is 1.19 bits per heavy atom. The second kappa shape index (κ2) is 13.4. The van der Waals surface area contributed by atoms with E-state index in [9.17, 15) is 15.0 Å². The molecule has 1 saturated heterocycles. The van der Waals surface area contributed by atoms with Crippen molar-refractivity contribution in [3.63, 3.8) is 0 Å². The molecule has 1 fully saturated rings. The van der Waals surface area contributed by atoms with E-state index in [0.29, 0.717) is 24.5 Å². The molecule has 1 heterocycles. The van der Waals surface area contributed by atoms with Gasteiger partial charge in [0.05, 0.1) is 25.4 Å². The van der Waals surface area contributed by atoms with Crippen molar-refractivity contribution >= 4 is 17.5 Å². The molecule has 7 heteroatoms. The van der Waals surface area contributed by atoms with Crippen LogP contribution in [0.3, 0.4) is 0 Å². The summed E-state index contributed by atoms with van der Waals surface area (Å²) in [5.74, 6) is 0.908. The van der Waals surface area contributed by atoms with Gasteiger partial charge in [-0.25, -0.2) is 0 Å². The van der Waals surface area contributed by atoms with Gasteiger partial charge in [0.25, 0.3) is 0 Å². The maximum Gasteiger partial charge on any atom is 0.216 e. The summed E-state index contributed by atoms with van der Waals surface area (Å²) in [4.78, 5) is 10.1. The second-order valence-electron chi connectivity index (χ2n) is 7.80. The average Bonchev–Trinajstić information content (AvgIpc) is 2.76. The number of hydrogen-bond donors (Lipinski definition) is 3. The molecule has 1 aliphatic heterocycles. The third-order valence-electron chi connectivity index (χ3n) is 4.98. The summed E-state index contributed by atoms with van der Waals surface area (Å²) in [5, 5.41) is 23.1. The van der Waals surface area contributed by atoms with E-state index in [1.165, 1.54) is 6.92 Å². The number of rotatable bonds is 7. The monoisotopic (exact) mass is 463 g/mol. The first-order valence-electron chi connectivity index (χ1n) is 11.1. The van der Waals surface area contributed by atoms with Gasteiger partial charge in [0.15, 0.2) is 0 Å². The first-order chi connectivity index (χ1) is 15.3. The normalized spacial score (nSPS) is 20.1. The van der Waals surface area contributed by atoms with Crippen molar-refractivity contribution in [1.29, 1.82) is 0 Å². The fourth-order valence-corrected chi connectivity index (χ4v) is 3.60. The SMILES string of the molecule is CCCNC(C)=O.CCOc1ccc(Cc2cc([C@@H]3OCC(O)CC3O)ccc2Cl)cc1. The number of halogens is 1. The Labute approximate surface area is 195 Å². The van der Waals surface area contributed by atoms with Crippen LogP contribution in [0.1, 0.15) is 56.4 Å². The van der Waals surface area contributed by atoms with Crippen LogP contribution in [0.4, 0.5) is 0 Å². The molecule has 0 bridgehead atoms. The van der Waals surface area contributed by atoms with E-state index >= 15 is 0 Å². The predicted molar refractivity (Wildman–Crippen MR) is 126 cm³/mol. The Morgan fingerprint density at radius 3 is 2.47 bits per heavy atom. The van der Waals surface area contributed by atoms with Crippen LogP contribution in [0.5, 0.6) is 5.75 Å². The summed E-state index contributed by atoms with van der Waals surface area (Å²) in [6.07, 6.45) is 0.260. The fourth-order valence-electron chi connectivity index (χ4n) is 3.41. The number of aliphatic hydroxyl groups excluding tert-OH is 2. The Balaban J connectivity index is 0.000000451. The van der Waals surface area contributed by atoms with Gasteiger partial charge >= 0.3 is 0 Å². The molecule has 2 aromatic carbocycles. The third kappa shape index (κ3) is 8.43. The van der Waals surface area contributed by atoms with E-state index in [1.54, 1.807) is 0 Å². The summed E-state index contributed by atoms with van der Waals surface area (Å²) in [5.41, 5.74) is 2.98. The highest BCUT2D eigenvalue weighted by molar-refractivity contribution is 6.31. The van der Waals surface area contributed by atoms with Crippen LogP contribution in [-0.2, 0) is 16.0 Å². The van der Waals surface area contributed by atoms with Crippen molar-refractivity contribution in [1.82, 2.24) is 5.32 Å². The molecule has 0 saturated carbocycles. The number of nitrogens with one attached hydrogen (secondary N) is 1. The highest BCUT2D eigenvalue weighted by Crippen LogP contribution is 2.31. The first kappa shape index (κ1) is 26.1. The van der Waals surface area contributed by atoms with Gasteiger partial charge in [0, 0.05) is 24.9 Å². The van der Waals surface area contributed by atoms with Crippen LogP contribution in [0, 0.1) is 0 Å². The van der Waals surface area contributed by atoms with E-state index in [0.717, 1.165) is 35.4 Å². The van der Waals surface area contributed by atoms with Gasteiger partial charge < -0.3 is 25.0 Å². The van der Waals surface area contributed by atoms with Gasteiger partial charge in [-0.15, -0.1) is 0 Å². The largest absolute Gasteiger partial charge is 0.494 e. The van der Waals surface area contributed by atoms with Crippen LogP contribution in [0.15, 0.2) is 42.5 Å². The van der Waals surface area contributed by atoms with Crippen LogP contribution in [-0.4, -0.2) is 48.1 Å². The van der Waals surface area contributed by atoms with Crippen LogP contribution < -0.4 is 10.1 Å². The van der Waals surface area contributed by atoms with E-state index in [2.05, 4.69) is 5.32 Å². The molecule has 2 aromatic rings. The second-order valence-corrected chi connectivity index (χ2v) is 8.21. The average molecular weight is 464 g/mol. The Kier molecular flexibility index (Phi) is 11.0. The van der Waals surface area contributed by atoms with Gasteiger partial charge in [-0.3, -0.25) is 4.79 Å². The zero-order valence-corrected chi connectivity index (χ0v) is 19.8. The molecule has 1 aliphatic rings. The minimum absolute atomic E-state index is 0.0573. The number of ether oxygens (including phenoxy) is 2. The van der Waals surface area contributed by atoms with Gasteiger partial charge in [-0.2, -0.15) is 0 Å². The van der Waals surface area contributed by atoms with Gasteiger partial charge in [-0.1, -0.05) is 42.8 Å². The Hall–Kier alpha value is -2.12. The zero-order valence-electron chi connectivity index (χ0n) is 19.0. The number of benzene rings is 2. The molecular weight excluding hydrogens is 430 g/mol. The summed E-state index contributed by atoms with van der Waals surface area (Å²) in [6, 6.07) is 13.6. The maximum atomic E-state index is 10.2. The smallest absolute Gasteiger partial charge is 0.216 e. The van der Waals surface area contributed by atoms with Crippen molar-refractivity contribution in [2.75, 3.05) is 19.8 Å². The van der Waals surface area contributed by atoms with Crippen LogP contribution in [0.2, 0.25) is 5.02 Å². The highest BCUT2D eigenvalue weighted by atomic mass is 35.5. The molecule has 176 valence electrons.